The first kappa shape index (κ1) is 15.1. The highest BCUT2D eigenvalue weighted by atomic mass is 16.3. The van der Waals surface area contributed by atoms with Gasteiger partial charge in [-0.15, -0.1) is 0 Å². The molecule has 1 N–H and O–H groups in total. The molecule has 5 nitrogen and oxygen atoms in total. The minimum absolute atomic E-state index is 0.139. The van der Waals surface area contributed by atoms with E-state index >= 15 is 0 Å². The molecule has 0 saturated heterocycles. The summed E-state index contributed by atoms with van der Waals surface area (Å²) in [5.41, 5.74) is 2.30. The Hall–Kier alpha value is -2.30. The molecule has 1 aliphatic rings. The zero-order chi connectivity index (χ0) is 15.7. The Morgan fingerprint density at radius 2 is 2.00 bits per heavy atom. The van der Waals surface area contributed by atoms with Gasteiger partial charge < -0.3 is 14.9 Å². The molecule has 21 heavy (non-hydrogen) atoms. The van der Waals surface area contributed by atoms with E-state index in [1.54, 1.807) is 19.0 Å². The number of amides is 2. The smallest absolute Gasteiger partial charge is 0.289 e. The first-order valence-corrected chi connectivity index (χ1v) is 6.84. The van der Waals surface area contributed by atoms with E-state index in [0.717, 1.165) is 11.1 Å². The van der Waals surface area contributed by atoms with Crippen LogP contribution in [0, 0.1) is 6.92 Å². The van der Waals surface area contributed by atoms with Gasteiger partial charge in [-0.2, -0.15) is 0 Å². The lowest BCUT2D eigenvalue weighted by atomic mass is 10.0. The fourth-order valence-electron chi connectivity index (χ4n) is 2.52. The maximum atomic E-state index is 12.5. The second kappa shape index (κ2) is 5.60. The summed E-state index contributed by atoms with van der Waals surface area (Å²) in [7, 11) is 3.24. The average molecular weight is 288 g/mol. The Morgan fingerprint density at radius 3 is 2.52 bits per heavy atom. The molecule has 1 atom stereocenters. The molecular formula is C16H20N2O3. The number of likely N-dealkylation sites (N-methyl/N-ethyl adjacent to an activating group) is 2. The first-order chi connectivity index (χ1) is 9.84. The minimum atomic E-state index is -0.504. The van der Waals surface area contributed by atoms with Crippen LogP contribution in [0.1, 0.15) is 24.1 Å². The van der Waals surface area contributed by atoms with Gasteiger partial charge in [-0.05, 0) is 25.0 Å². The van der Waals surface area contributed by atoms with Crippen molar-refractivity contribution in [2.75, 3.05) is 20.6 Å². The zero-order valence-electron chi connectivity index (χ0n) is 12.8. The van der Waals surface area contributed by atoms with Crippen LogP contribution in [-0.2, 0) is 9.59 Å². The Morgan fingerprint density at radius 1 is 1.38 bits per heavy atom. The fraction of sp³-hybridized carbons (Fsp3) is 0.375. The van der Waals surface area contributed by atoms with Crippen LogP contribution in [0.15, 0.2) is 35.6 Å². The number of carbonyl (C=O) groups is 2. The van der Waals surface area contributed by atoms with Crippen LogP contribution in [0.5, 0.6) is 0 Å². The highest BCUT2D eigenvalue weighted by Gasteiger charge is 2.34. The van der Waals surface area contributed by atoms with Crippen molar-refractivity contribution in [1.82, 2.24) is 9.80 Å². The molecule has 1 aliphatic heterocycles. The lowest BCUT2D eigenvalue weighted by Gasteiger charge is -2.27. The van der Waals surface area contributed by atoms with Gasteiger partial charge in [-0.25, -0.2) is 0 Å². The predicted octanol–water partition coefficient (Wildman–Crippen LogP) is 1.80. The number of aliphatic hydroxyl groups excluding tert-OH is 1. The number of hydrogen-bond donors (Lipinski definition) is 1. The van der Waals surface area contributed by atoms with E-state index in [0.29, 0.717) is 0 Å². The van der Waals surface area contributed by atoms with Gasteiger partial charge in [-0.3, -0.25) is 9.59 Å². The molecule has 112 valence electrons. The van der Waals surface area contributed by atoms with Crippen molar-refractivity contribution in [3.05, 3.63) is 46.7 Å². The summed E-state index contributed by atoms with van der Waals surface area (Å²) in [6.45, 7) is 4.07. The van der Waals surface area contributed by atoms with Crippen LogP contribution in [0.4, 0.5) is 0 Å². The molecular weight excluding hydrogens is 268 g/mol. The summed E-state index contributed by atoms with van der Waals surface area (Å²) in [6, 6.07) is 7.71. The van der Waals surface area contributed by atoms with E-state index < -0.39 is 11.7 Å². The number of carbonyl (C=O) groups excluding carboxylic acids is 2. The summed E-state index contributed by atoms with van der Waals surface area (Å²) in [5, 5.41) is 9.80. The maximum Gasteiger partial charge on any atom is 0.289 e. The quantitative estimate of drug-likeness (QED) is 0.922. The van der Waals surface area contributed by atoms with E-state index in [4.69, 9.17) is 0 Å². The van der Waals surface area contributed by atoms with Gasteiger partial charge >= 0.3 is 0 Å². The molecule has 1 heterocycles. The molecule has 0 aliphatic carbocycles. The molecule has 0 radical (unpaired) electrons. The van der Waals surface area contributed by atoms with Crippen LogP contribution >= 0.6 is 0 Å². The third kappa shape index (κ3) is 2.63. The third-order valence-corrected chi connectivity index (χ3v) is 4.03. The molecule has 2 rings (SSSR count). The molecule has 1 aromatic carbocycles. The molecule has 1 unspecified atom stereocenters. The van der Waals surface area contributed by atoms with Crippen molar-refractivity contribution in [1.29, 1.82) is 0 Å². The predicted molar refractivity (Wildman–Crippen MR) is 79.7 cm³/mol. The monoisotopic (exact) mass is 288 g/mol. The topological polar surface area (TPSA) is 60.9 Å². The standard InChI is InChI=1S/C16H20N2O3/c1-10-7-5-6-8-12(10)11(2)18(4)15(20)13-9-17(3)16(21)14(13)19/h5-8,11,19H,9H2,1-4H3. The lowest BCUT2D eigenvalue weighted by molar-refractivity contribution is -0.128. The minimum Gasteiger partial charge on any atom is -0.503 e. The van der Waals surface area contributed by atoms with Crippen LogP contribution in [0.2, 0.25) is 0 Å². The lowest BCUT2D eigenvalue weighted by Crippen LogP contribution is -2.33. The van der Waals surface area contributed by atoms with Crippen molar-refractivity contribution >= 4 is 11.8 Å². The van der Waals surface area contributed by atoms with Crippen molar-refractivity contribution in [2.24, 2.45) is 0 Å². The molecule has 1 aromatic rings. The van der Waals surface area contributed by atoms with Gasteiger partial charge in [0.05, 0.1) is 18.2 Å². The second-order valence-electron chi connectivity index (χ2n) is 5.44. The Bertz CT molecular complexity index is 622. The molecule has 0 bridgehead atoms. The Kier molecular flexibility index (Phi) is 4.02. The fourth-order valence-corrected chi connectivity index (χ4v) is 2.52. The highest BCUT2D eigenvalue weighted by molar-refractivity contribution is 6.06. The second-order valence-corrected chi connectivity index (χ2v) is 5.44. The summed E-state index contributed by atoms with van der Waals surface area (Å²) < 4.78 is 0. The molecule has 2 amide bonds. The molecule has 0 fully saturated rings. The van der Waals surface area contributed by atoms with Crippen molar-refractivity contribution in [3.63, 3.8) is 0 Å². The van der Waals surface area contributed by atoms with Gasteiger partial charge in [-0.1, -0.05) is 24.3 Å². The normalized spacial score (nSPS) is 16.4. The highest BCUT2D eigenvalue weighted by Crippen LogP contribution is 2.25. The number of hydrogen-bond acceptors (Lipinski definition) is 3. The van der Waals surface area contributed by atoms with E-state index in [1.165, 1.54) is 4.90 Å². The van der Waals surface area contributed by atoms with Crippen LogP contribution in [-0.4, -0.2) is 47.4 Å². The summed E-state index contributed by atoms with van der Waals surface area (Å²) in [4.78, 5) is 27.0. The Labute approximate surface area is 124 Å². The van der Waals surface area contributed by atoms with E-state index in [2.05, 4.69) is 0 Å². The molecule has 0 spiro atoms. The molecule has 5 heteroatoms. The van der Waals surface area contributed by atoms with Gasteiger partial charge in [0, 0.05) is 14.1 Å². The van der Waals surface area contributed by atoms with Gasteiger partial charge in [0.1, 0.15) is 0 Å². The van der Waals surface area contributed by atoms with Crippen molar-refractivity contribution in [3.8, 4) is 0 Å². The molecule has 0 saturated carbocycles. The number of benzene rings is 1. The number of nitrogens with zero attached hydrogens (tertiary/aromatic N) is 2. The number of aliphatic hydroxyl groups is 1. The summed E-state index contributed by atoms with van der Waals surface area (Å²) in [5.74, 6) is -1.26. The summed E-state index contributed by atoms with van der Waals surface area (Å²) in [6.07, 6.45) is 0. The van der Waals surface area contributed by atoms with E-state index in [-0.39, 0.29) is 24.1 Å². The average Bonchev–Trinajstić information content (AvgIpc) is 2.73. The first-order valence-electron chi connectivity index (χ1n) is 6.84. The summed E-state index contributed by atoms with van der Waals surface area (Å²) >= 11 is 0. The number of rotatable bonds is 3. The van der Waals surface area contributed by atoms with Crippen LogP contribution in [0.25, 0.3) is 0 Å². The number of aryl methyl sites for hydroxylation is 1. The maximum absolute atomic E-state index is 12.5. The van der Waals surface area contributed by atoms with Gasteiger partial charge in [0.15, 0.2) is 5.76 Å². The largest absolute Gasteiger partial charge is 0.503 e. The zero-order valence-corrected chi connectivity index (χ0v) is 12.8. The Balaban J connectivity index is 2.25. The van der Waals surface area contributed by atoms with Crippen molar-refractivity contribution < 1.29 is 14.7 Å². The van der Waals surface area contributed by atoms with Crippen LogP contribution < -0.4 is 0 Å². The van der Waals surface area contributed by atoms with E-state index in [1.807, 2.05) is 38.1 Å². The molecule has 0 aromatic heterocycles. The SMILES string of the molecule is Cc1ccccc1C(C)N(C)C(=O)C1=C(O)C(=O)N(C)C1. The van der Waals surface area contributed by atoms with Crippen molar-refractivity contribution in [2.45, 2.75) is 19.9 Å². The van der Waals surface area contributed by atoms with E-state index in [9.17, 15) is 14.7 Å². The van der Waals surface area contributed by atoms with Crippen LogP contribution in [0.3, 0.4) is 0 Å². The third-order valence-electron chi connectivity index (χ3n) is 4.03. The van der Waals surface area contributed by atoms with Gasteiger partial charge in [0.25, 0.3) is 11.8 Å². The van der Waals surface area contributed by atoms with Gasteiger partial charge in [0.2, 0.25) is 0 Å².